The minimum absolute atomic E-state index is 0.0447. The van der Waals surface area contributed by atoms with E-state index in [0.29, 0.717) is 17.9 Å². The second-order valence-electron chi connectivity index (χ2n) is 4.66. The van der Waals surface area contributed by atoms with Gasteiger partial charge >= 0.3 is 5.97 Å². The quantitative estimate of drug-likeness (QED) is 0.849. The molecule has 1 fully saturated rings. The summed E-state index contributed by atoms with van der Waals surface area (Å²) in [4.78, 5) is 24.6. The summed E-state index contributed by atoms with van der Waals surface area (Å²) >= 11 is 0. The van der Waals surface area contributed by atoms with Gasteiger partial charge in [0.25, 0.3) is 5.91 Å². The molecule has 2 atom stereocenters. The summed E-state index contributed by atoms with van der Waals surface area (Å²) in [5.41, 5.74) is 0.383. The Morgan fingerprint density at radius 1 is 1.35 bits per heavy atom. The molecule has 1 aliphatic heterocycles. The molecule has 108 valence electrons. The zero-order chi connectivity index (χ0) is 14.7. The van der Waals surface area contributed by atoms with Crippen LogP contribution in [0.15, 0.2) is 24.3 Å². The van der Waals surface area contributed by atoms with Gasteiger partial charge in [0, 0.05) is 18.5 Å². The number of carbonyl (C=O) groups is 2. The third-order valence-electron chi connectivity index (χ3n) is 3.24. The lowest BCUT2D eigenvalue weighted by Crippen LogP contribution is -2.40. The summed E-state index contributed by atoms with van der Waals surface area (Å²) in [7, 11) is 0. The molecule has 2 N–H and O–H groups in total. The normalized spacial score (nSPS) is 21.8. The van der Waals surface area contributed by atoms with E-state index in [1.54, 1.807) is 24.3 Å². The van der Waals surface area contributed by atoms with Gasteiger partial charge in [-0.15, -0.1) is 0 Å². The molecule has 1 heterocycles. The predicted molar refractivity (Wildman–Crippen MR) is 70.7 cm³/mol. The number of likely N-dealkylation sites (tertiary alicyclic amines) is 1. The first-order chi connectivity index (χ1) is 9.52. The van der Waals surface area contributed by atoms with Crippen LogP contribution < -0.4 is 4.74 Å². The minimum Gasteiger partial charge on any atom is -0.494 e. The number of ether oxygens (including phenoxy) is 1. The lowest BCUT2D eigenvalue weighted by atomic mass is 10.1. The van der Waals surface area contributed by atoms with Crippen molar-refractivity contribution in [1.82, 2.24) is 4.90 Å². The second kappa shape index (κ2) is 5.92. The van der Waals surface area contributed by atoms with Crippen molar-refractivity contribution in [3.8, 4) is 5.75 Å². The fourth-order valence-electron chi connectivity index (χ4n) is 2.30. The molecular formula is C14H17NO5. The van der Waals surface area contributed by atoms with Gasteiger partial charge in [0.15, 0.2) is 0 Å². The molecule has 1 saturated heterocycles. The molecule has 6 heteroatoms. The van der Waals surface area contributed by atoms with Crippen LogP contribution in [0, 0.1) is 0 Å². The summed E-state index contributed by atoms with van der Waals surface area (Å²) < 4.78 is 5.28. The van der Waals surface area contributed by atoms with E-state index in [1.807, 2.05) is 6.92 Å². The Hall–Kier alpha value is -2.08. The second-order valence-corrected chi connectivity index (χ2v) is 4.66. The minimum atomic E-state index is -1.10. The molecule has 0 bridgehead atoms. The lowest BCUT2D eigenvalue weighted by Gasteiger charge is -2.21. The first-order valence-electron chi connectivity index (χ1n) is 6.47. The first-order valence-corrected chi connectivity index (χ1v) is 6.47. The molecule has 1 amide bonds. The molecule has 0 aliphatic carbocycles. The Morgan fingerprint density at radius 3 is 2.55 bits per heavy atom. The number of aliphatic hydroxyl groups is 1. The van der Waals surface area contributed by atoms with Gasteiger partial charge in [0.2, 0.25) is 0 Å². The van der Waals surface area contributed by atoms with Gasteiger partial charge in [-0.3, -0.25) is 4.79 Å². The zero-order valence-corrected chi connectivity index (χ0v) is 11.2. The van der Waals surface area contributed by atoms with Gasteiger partial charge < -0.3 is 19.8 Å². The fourth-order valence-corrected chi connectivity index (χ4v) is 2.30. The van der Waals surface area contributed by atoms with Gasteiger partial charge in [-0.2, -0.15) is 0 Å². The average Bonchev–Trinajstić information content (AvgIpc) is 2.81. The van der Waals surface area contributed by atoms with Crippen molar-refractivity contribution >= 4 is 11.9 Å². The topological polar surface area (TPSA) is 87.1 Å². The van der Waals surface area contributed by atoms with Gasteiger partial charge in [0.1, 0.15) is 11.8 Å². The van der Waals surface area contributed by atoms with E-state index in [4.69, 9.17) is 9.84 Å². The van der Waals surface area contributed by atoms with Crippen LogP contribution in [0.5, 0.6) is 5.75 Å². The molecule has 0 aromatic heterocycles. The van der Waals surface area contributed by atoms with E-state index in [0.717, 1.165) is 0 Å². The predicted octanol–water partition coefficient (Wildman–Crippen LogP) is 0.745. The number of carbonyl (C=O) groups excluding carboxylic acids is 1. The summed E-state index contributed by atoms with van der Waals surface area (Å²) in [6, 6.07) is 5.55. The third-order valence-corrected chi connectivity index (χ3v) is 3.24. The highest BCUT2D eigenvalue weighted by Gasteiger charge is 2.39. The Balaban J connectivity index is 2.15. The largest absolute Gasteiger partial charge is 0.494 e. The van der Waals surface area contributed by atoms with Crippen molar-refractivity contribution in [3.63, 3.8) is 0 Å². The van der Waals surface area contributed by atoms with Crippen LogP contribution in [-0.4, -0.2) is 52.3 Å². The molecule has 1 aromatic rings. The maximum absolute atomic E-state index is 12.3. The number of nitrogens with zero attached hydrogens (tertiary/aromatic N) is 1. The smallest absolute Gasteiger partial charge is 0.326 e. The highest BCUT2D eigenvalue weighted by Crippen LogP contribution is 2.22. The Morgan fingerprint density at radius 2 is 2.00 bits per heavy atom. The Kier molecular flexibility index (Phi) is 4.24. The van der Waals surface area contributed by atoms with Crippen LogP contribution in [0.4, 0.5) is 0 Å². The third kappa shape index (κ3) is 2.91. The lowest BCUT2D eigenvalue weighted by molar-refractivity contribution is -0.141. The Bertz CT molecular complexity index is 499. The number of aliphatic hydroxyl groups excluding tert-OH is 1. The molecule has 1 aliphatic rings. The van der Waals surface area contributed by atoms with Crippen molar-refractivity contribution in [2.45, 2.75) is 25.5 Å². The van der Waals surface area contributed by atoms with E-state index in [9.17, 15) is 14.7 Å². The standard InChI is InChI=1S/C14H17NO5/c1-2-20-11-5-3-9(4-6-11)13(17)15-8-10(16)7-12(15)14(18)19/h3-6,10,12,16H,2,7-8H2,1H3,(H,18,19)/t10?,12-/m0/s1. The summed E-state index contributed by atoms with van der Waals surface area (Å²) in [6.45, 7) is 2.44. The molecule has 1 aromatic carbocycles. The van der Waals surface area contributed by atoms with E-state index < -0.39 is 24.0 Å². The van der Waals surface area contributed by atoms with Crippen LogP contribution >= 0.6 is 0 Å². The fraction of sp³-hybridized carbons (Fsp3) is 0.429. The van der Waals surface area contributed by atoms with Gasteiger partial charge in [0.05, 0.1) is 12.7 Å². The maximum atomic E-state index is 12.3. The van der Waals surface area contributed by atoms with Crippen molar-refractivity contribution in [1.29, 1.82) is 0 Å². The van der Waals surface area contributed by atoms with Gasteiger partial charge in [-0.25, -0.2) is 4.79 Å². The molecule has 20 heavy (non-hydrogen) atoms. The molecule has 0 saturated carbocycles. The Labute approximate surface area is 116 Å². The molecule has 1 unspecified atom stereocenters. The molecule has 0 radical (unpaired) electrons. The van der Waals surface area contributed by atoms with Gasteiger partial charge in [-0.1, -0.05) is 0 Å². The van der Waals surface area contributed by atoms with Crippen molar-refractivity contribution in [2.24, 2.45) is 0 Å². The van der Waals surface area contributed by atoms with E-state index >= 15 is 0 Å². The monoisotopic (exact) mass is 279 g/mol. The van der Waals surface area contributed by atoms with Crippen molar-refractivity contribution in [3.05, 3.63) is 29.8 Å². The molecular weight excluding hydrogens is 262 g/mol. The summed E-state index contributed by atoms with van der Waals surface area (Å²) in [5, 5.41) is 18.6. The highest BCUT2D eigenvalue weighted by molar-refractivity contribution is 5.97. The van der Waals surface area contributed by atoms with Crippen molar-refractivity contribution < 1.29 is 24.5 Å². The molecule has 6 nitrogen and oxygen atoms in total. The number of β-amino-alcohol motifs (C(OH)–C–C–N with tert-alkyl or cyclic N) is 1. The summed E-state index contributed by atoms with van der Waals surface area (Å²) in [6.07, 6.45) is -0.722. The number of benzene rings is 1. The van der Waals surface area contributed by atoms with Crippen LogP contribution in [0.3, 0.4) is 0 Å². The summed E-state index contributed by atoms with van der Waals surface area (Å²) in [5.74, 6) is -0.835. The van der Waals surface area contributed by atoms with Crippen LogP contribution in [-0.2, 0) is 4.79 Å². The van der Waals surface area contributed by atoms with Crippen LogP contribution in [0.1, 0.15) is 23.7 Å². The van der Waals surface area contributed by atoms with E-state index in [2.05, 4.69) is 0 Å². The highest BCUT2D eigenvalue weighted by atomic mass is 16.5. The first kappa shape index (κ1) is 14.3. The van der Waals surface area contributed by atoms with E-state index in [-0.39, 0.29) is 13.0 Å². The number of hydrogen-bond acceptors (Lipinski definition) is 4. The number of carboxylic acid groups (broad SMARTS) is 1. The van der Waals surface area contributed by atoms with Gasteiger partial charge in [-0.05, 0) is 31.2 Å². The maximum Gasteiger partial charge on any atom is 0.326 e. The SMILES string of the molecule is CCOc1ccc(C(=O)N2CC(O)C[C@H]2C(=O)O)cc1. The number of amides is 1. The molecule has 2 rings (SSSR count). The zero-order valence-electron chi connectivity index (χ0n) is 11.2. The van der Waals surface area contributed by atoms with E-state index in [1.165, 1.54) is 4.90 Å². The average molecular weight is 279 g/mol. The number of rotatable bonds is 4. The molecule has 0 spiro atoms. The number of aliphatic carboxylic acids is 1. The van der Waals surface area contributed by atoms with Crippen LogP contribution in [0.2, 0.25) is 0 Å². The van der Waals surface area contributed by atoms with Crippen LogP contribution in [0.25, 0.3) is 0 Å². The number of hydrogen-bond donors (Lipinski definition) is 2. The van der Waals surface area contributed by atoms with Crippen molar-refractivity contribution in [2.75, 3.05) is 13.2 Å². The number of carboxylic acids is 1.